The van der Waals surface area contributed by atoms with Gasteiger partial charge in [0, 0.05) is 18.5 Å². The minimum absolute atomic E-state index is 0.0968. The molecular formula is C24H32N2O5. The predicted octanol–water partition coefficient (Wildman–Crippen LogP) is 3.13. The average Bonchev–Trinajstić information content (AvgIpc) is 2.78. The molecule has 168 valence electrons. The van der Waals surface area contributed by atoms with Crippen molar-refractivity contribution in [3.8, 4) is 23.0 Å². The Morgan fingerprint density at radius 1 is 0.968 bits per heavy atom. The normalized spacial score (nSPS) is 18.2. The van der Waals surface area contributed by atoms with E-state index in [1.807, 2.05) is 12.1 Å². The highest BCUT2D eigenvalue weighted by Gasteiger charge is 2.33. The largest absolute Gasteiger partial charge is 0.493 e. The van der Waals surface area contributed by atoms with Gasteiger partial charge in [0.2, 0.25) is 5.91 Å². The molecule has 1 aliphatic heterocycles. The number of nitrogens with zero attached hydrogens (tertiary/aromatic N) is 1. The van der Waals surface area contributed by atoms with E-state index in [2.05, 4.69) is 30.1 Å². The monoisotopic (exact) mass is 428 g/mol. The lowest BCUT2D eigenvalue weighted by Crippen LogP contribution is -2.42. The van der Waals surface area contributed by atoms with E-state index < -0.39 is 0 Å². The van der Waals surface area contributed by atoms with Crippen molar-refractivity contribution in [3.05, 3.63) is 47.0 Å². The number of hydrogen-bond donors (Lipinski definition) is 1. The molecule has 0 saturated carbocycles. The molecule has 0 aromatic heterocycles. The van der Waals surface area contributed by atoms with Crippen LogP contribution in [0.25, 0.3) is 0 Å². The Hall–Kier alpha value is -2.93. The van der Waals surface area contributed by atoms with Crippen molar-refractivity contribution < 1.29 is 23.7 Å². The summed E-state index contributed by atoms with van der Waals surface area (Å²) < 4.78 is 22.0. The minimum atomic E-state index is -0.275. The van der Waals surface area contributed by atoms with Crippen molar-refractivity contribution in [1.29, 1.82) is 0 Å². The Kier molecular flexibility index (Phi) is 7.28. The molecule has 0 unspecified atom stereocenters. The van der Waals surface area contributed by atoms with E-state index in [1.54, 1.807) is 28.4 Å². The van der Waals surface area contributed by atoms with E-state index in [1.165, 1.54) is 11.1 Å². The summed E-state index contributed by atoms with van der Waals surface area (Å²) in [6.45, 7) is 0. The number of fused-ring (bicyclic) bond motifs is 1. The molecule has 31 heavy (non-hydrogen) atoms. The Bertz CT molecular complexity index is 930. The molecule has 1 aliphatic rings. The maximum absolute atomic E-state index is 11.4. The number of primary amides is 1. The number of carbonyl (C=O) groups excluding carboxylic acids is 1. The number of carbonyl (C=O) groups is 1. The van der Waals surface area contributed by atoms with Crippen LogP contribution in [0.3, 0.4) is 0 Å². The van der Waals surface area contributed by atoms with E-state index in [-0.39, 0.29) is 18.0 Å². The van der Waals surface area contributed by atoms with E-state index in [4.69, 9.17) is 24.7 Å². The molecule has 0 fully saturated rings. The van der Waals surface area contributed by atoms with Gasteiger partial charge in [0.25, 0.3) is 0 Å². The molecule has 0 bridgehead atoms. The molecule has 0 radical (unpaired) electrons. The van der Waals surface area contributed by atoms with Crippen LogP contribution in [0.5, 0.6) is 23.0 Å². The molecule has 3 rings (SSSR count). The van der Waals surface area contributed by atoms with Gasteiger partial charge in [0.15, 0.2) is 23.0 Å². The van der Waals surface area contributed by atoms with Gasteiger partial charge in [-0.3, -0.25) is 9.69 Å². The zero-order valence-corrected chi connectivity index (χ0v) is 18.9. The van der Waals surface area contributed by atoms with E-state index in [0.717, 1.165) is 18.4 Å². The number of amides is 1. The molecule has 0 aliphatic carbocycles. The predicted molar refractivity (Wildman–Crippen MR) is 119 cm³/mol. The summed E-state index contributed by atoms with van der Waals surface area (Å²) in [5.41, 5.74) is 8.97. The second-order valence-electron chi connectivity index (χ2n) is 7.84. The number of likely N-dealkylation sites (N-methyl/N-ethyl adjacent to an activating group) is 1. The van der Waals surface area contributed by atoms with Gasteiger partial charge >= 0.3 is 0 Å². The van der Waals surface area contributed by atoms with Crippen LogP contribution in [0.2, 0.25) is 0 Å². The lowest BCUT2D eigenvalue weighted by atomic mass is 9.84. The van der Waals surface area contributed by atoms with Gasteiger partial charge in [-0.25, -0.2) is 0 Å². The summed E-state index contributed by atoms with van der Waals surface area (Å²) in [6, 6.07) is 10.4. The van der Waals surface area contributed by atoms with Crippen LogP contribution >= 0.6 is 0 Å². The van der Waals surface area contributed by atoms with Crippen LogP contribution < -0.4 is 24.7 Å². The molecule has 1 amide bonds. The van der Waals surface area contributed by atoms with Gasteiger partial charge < -0.3 is 24.7 Å². The van der Waals surface area contributed by atoms with Crippen molar-refractivity contribution in [1.82, 2.24) is 4.90 Å². The van der Waals surface area contributed by atoms with Crippen molar-refractivity contribution in [3.63, 3.8) is 0 Å². The number of methoxy groups -OCH3 is 4. The Morgan fingerprint density at radius 3 is 2.19 bits per heavy atom. The molecular weight excluding hydrogens is 396 g/mol. The fourth-order valence-electron chi connectivity index (χ4n) is 4.39. The summed E-state index contributed by atoms with van der Waals surface area (Å²) >= 11 is 0. The Balaban J connectivity index is 2.01. The number of ether oxygens (including phenoxy) is 4. The maximum atomic E-state index is 11.4. The molecule has 2 atom stereocenters. The van der Waals surface area contributed by atoms with E-state index in [9.17, 15) is 4.79 Å². The highest BCUT2D eigenvalue weighted by Crippen LogP contribution is 2.42. The third-order valence-electron chi connectivity index (χ3n) is 6.13. The fraction of sp³-hybridized carbons (Fsp3) is 0.458. The first-order valence-corrected chi connectivity index (χ1v) is 10.4. The van der Waals surface area contributed by atoms with Crippen LogP contribution in [-0.2, 0) is 17.6 Å². The first-order chi connectivity index (χ1) is 14.9. The summed E-state index contributed by atoms with van der Waals surface area (Å²) in [7, 11) is 8.67. The van der Waals surface area contributed by atoms with Crippen molar-refractivity contribution in [2.75, 3.05) is 35.5 Å². The molecule has 0 saturated heterocycles. The summed E-state index contributed by atoms with van der Waals surface area (Å²) in [4.78, 5) is 13.8. The van der Waals surface area contributed by atoms with Gasteiger partial charge in [-0.2, -0.15) is 0 Å². The quantitative estimate of drug-likeness (QED) is 0.661. The number of rotatable bonds is 9. The van der Waals surface area contributed by atoms with E-state index >= 15 is 0 Å². The zero-order chi connectivity index (χ0) is 22.5. The standard InChI is InChI=1S/C24H32N2O5/c1-26-17(7-9-24(25)27)12-16-13-22(30-4)23(31-5)14-18(16)19(26)10-15-6-8-20(28-2)21(11-15)29-3/h6,8,11,13-14,17,19H,7,9-10,12H2,1-5H3,(H2,25,27)/t17-,19-/m1/s1. The van der Waals surface area contributed by atoms with Crippen LogP contribution in [-0.4, -0.2) is 52.3 Å². The third-order valence-corrected chi connectivity index (χ3v) is 6.13. The minimum Gasteiger partial charge on any atom is -0.493 e. The van der Waals surface area contributed by atoms with Gasteiger partial charge in [0.1, 0.15) is 0 Å². The third kappa shape index (κ3) is 4.88. The smallest absolute Gasteiger partial charge is 0.217 e. The average molecular weight is 429 g/mol. The molecule has 2 aromatic rings. The van der Waals surface area contributed by atoms with Crippen LogP contribution in [0.4, 0.5) is 0 Å². The Labute approximate surface area is 184 Å². The lowest BCUT2D eigenvalue weighted by molar-refractivity contribution is -0.118. The summed E-state index contributed by atoms with van der Waals surface area (Å²) in [5, 5.41) is 0. The highest BCUT2D eigenvalue weighted by molar-refractivity contribution is 5.73. The van der Waals surface area contributed by atoms with Gasteiger partial charge in [-0.15, -0.1) is 0 Å². The second kappa shape index (κ2) is 9.92. The number of benzene rings is 2. The summed E-state index contributed by atoms with van der Waals surface area (Å²) in [5.74, 6) is 2.56. The SMILES string of the molecule is COc1ccc(C[C@@H]2c3cc(OC)c(OC)cc3C[C@@H](CCC(N)=O)N2C)cc1OC. The fourth-order valence-corrected chi connectivity index (χ4v) is 4.39. The second-order valence-corrected chi connectivity index (χ2v) is 7.84. The van der Waals surface area contributed by atoms with Crippen LogP contribution in [0, 0.1) is 0 Å². The molecule has 0 spiro atoms. The molecule has 2 N–H and O–H groups in total. The summed E-state index contributed by atoms with van der Waals surface area (Å²) in [6.07, 6.45) is 2.66. The van der Waals surface area contributed by atoms with Gasteiger partial charge in [-0.05, 0) is 67.3 Å². The van der Waals surface area contributed by atoms with Gasteiger partial charge in [-0.1, -0.05) is 6.07 Å². The van der Waals surface area contributed by atoms with Gasteiger partial charge in [0.05, 0.1) is 28.4 Å². The van der Waals surface area contributed by atoms with Crippen LogP contribution in [0.15, 0.2) is 30.3 Å². The first-order valence-electron chi connectivity index (χ1n) is 10.4. The maximum Gasteiger partial charge on any atom is 0.217 e. The van der Waals surface area contributed by atoms with Crippen molar-refractivity contribution in [2.24, 2.45) is 5.73 Å². The first kappa shape index (κ1) is 22.7. The van der Waals surface area contributed by atoms with Crippen molar-refractivity contribution >= 4 is 5.91 Å². The van der Waals surface area contributed by atoms with E-state index in [0.29, 0.717) is 35.8 Å². The molecule has 1 heterocycles. The van der Waals surface area contributed by atoms with Crippen LogP contribution in [0.1, 0.15) is 35.6 Å². The molecule has 7 heteroatoms. The highest BCUT2D eigenvalue weighted by atomic mass is 16.5. The zero-order valence-electron chi connectivity index (χ0n) is 18.9. The lowest BCUT2D eigenvalue weighted by Gasteiger charge is -2.41. The molecule has 2 aromatic carbocycles. The molecule has 7 nitrogen and oxygen atoms in total. The number of nitrogens with two attached hydrogens (primary N) is 1. The van der Waals surface area contributed by atoms with Crippen molar-refractivity contribution in [2.45, 2.75) is 37.8 Å². The topological polar surface area (TPSA) is 83.2 Å². The number of hydrogen-bond acceptors (Lipinski definition) is 6. The Morgan fingerprint density at radius 2 is 1.58 bits per heavy atom.